The molecular weight excluding hydrogens is 1080 g/mol. The van der Waals surface area contributed by atoms with Crippen molar-refractivity contribution >= 4 is 115 Å². The van der Waals surface area contributed by atoms with Gasteiger partial charge < -0.3 is 48.9 Å². The normalized spacial score (nSPS) is 19.2. The fourth-order valence-electron chi connectivity index (χ4n) is 7.60. The van der Waals surface area contributed by atoms with E-state index in [0.717, 1.165) is 23.7 Å². The van der Waals surface area contributed by atoms with Gasteiger partial charge in [-0.25, -0.2) is 14.4 Å². The first-order valence-corrected chi connectivity index (χ1v) is 25.2. The standard InChI is InChI=1S/C14H19BrCl2N4O2.C14H19Cl2N7O2.C14H20ClN5O2/c1-14(2,3)23-13(22)20-4-5-21(9(7-15)8-20)10-6-11(16)18-19-12(10)17;1-14(2,3)25-13(24)22-4-5-23(9(8-22)7-18-21-17)10-6-11(15)19-20-12(10)16;1-14(2,3)22-13(21)19-4-5-20-9(8-19)7-16-12-10(20)6-11(15)17-18-12/h6,9H,4-5,7-8H2,1-3H3;6,9H,4-5,7-8H2,1-3H3;6,9H,4-5,7-8H2,1-3H3,(H,16,18). The number of fused-ring (bicyclic) bond motifs is 3. The molecule has 0 aromatic carbocycles. The lowest BCUT2D eigenvalue weighted by molar-refractivity contribution is 0.0206. The lowest BCUT2D eigenvalue weighted by Gasteiger charge is -2.45. The minimum atomic E-state index is -0.583. The van der Waals surface area contributed by atoms with Gasteiger partial charge in [-0.05, 0) is 67.8 Å². The third-order valence-electron chi connectivity index (χ3n) is 10.5. The number of carbonyl (C=O) groups is 3. The number of nitrogens with zero attached hydrogens (tertiary/aromatic N) is 15. The highest BCUT2D eigenvalue weighted by molar-refractivity contribution is 9.09. The van der Waals surface area contributed by atoms with Crippen LogP contribution in [0.1, 0.15) is 62.3 Å². The number of ether oxygens (including phenoxy) is 3. The maximum absolute atomic E-state index is 12.3. The largest absolute Gasteiger partial charge is 0.444 e. The molecule has 22 nitrogen and oxygen atoms in total. The van der Waals surface area contributed by atoms with Crippen LogP contribution in [-0.2, 0) is 14.2 Å². The number of hydrogen-bond donors (Lipinski definition) is 1. The van der Waals surface area contributed by atoms with E-state index in [2.05, 4.69) is 71.7 Å². The second kappa shape index (κ2) is 24.3. The number of piperazine rings is 3. The quantitative estimate of drug-likeness (QED) is 0.0824. The monoisotopic (exact) mass is 1140 g/mol. The van der Waals surface area contributed by atoms with Crippen molar-refractivity contribution in [3.8, 4) is 0 Å². The van der Waals surface area contributed by atoms with E-state index >= 15 is 0 Å². The highest BCUT2D eigenvalue weighted by Gasteiger charge is 2.37. The molecule has 70 heavy (non-hydrogen) atoms. The molecule has 3 aromatic heterocycles. The zero-order valence-electron chi connectivity index (χ0n) is 40.4. The summed E-state index contributed by atoms with van der Waals surface area (Å²) in [7, 11) is 0. The van der Waals surface area contributed by atoms with Crippen molar-refractivity contribution in [1.29, 1.82) is 0 Å². The van der Waals surface area contributed by atoms with E-state index in [-0.39, 0.29) is 52.3 Å². The molecule has 28 heteroatoms. The predicted octanol–water partition coefficient (Wildman–Crippen LogP) is 9.10. The lowest BCUT2D eigenvalue weighted by atomic mass is 10.1. The Labute approximate surface area is 440 Å². The maximum atomic E-state index is 12.3. The lowest BCUT2D eigenvalue weighted by Crippen LogP contribution is -2.59. The summed E-state index contributed by atoms with van der Waals surface area (Å²) in [4.78, 5) is 50.8. The Morgan fingerprint density at radius 2 is 1.03 bits per heavy atom. The summed E-state index contributed by atoms with van der Waals surface area (Å²) in [5.74, 6) is 0.742. The van der Waals surface area contributed by atoms with E-state index in [9.17, 15) is 14.4 Å². The fraction of sp³-hybridized carbons (Fsp3) is 0.643. The summed E-state index contributed by atoms with van der Waals surface area (Å²) < 4.78 is 16.3. The third kappa shape index (κ3) is 16.3. The minimum absolute atomic E-state index is 0.0361. The highest BCUT2D eigenvalue weighted by Crippen LogP contribution is 2.34. The molecule has 3 unspecified atom stereocenters. The number of azide groups is 1. The smallest absolute Gasteiger partial charge is 0.410 e. The van der Waals surface area contributed by atoms with E-state index in [0.29, 0.717) is 80.2 Å². The minimum Gasteiger partial charge on any atom is -0.444 e. The van der Waals surface area contributed by atoms with E-state index in [1.165, 1.54) is 0 Å². The third-order valence-corrected chi connectivity index (χ3v) is 12.4. The van der Waals surface area contributed by atoms with Gasteiger partial charge in [0.15, 0.2) is 31.6 Å². The topological polar surface area (TPSA) is 236 Å². The summed E-state index contributed by atoms with van der Waals surface area (Å²) in [6.45, 7) is 22.3. The Morgan fingerprint density at radius 3 is 1.47 bits per heavy atom. The SMILES string of the molecule is CC(C)(C)OC(=O)N1CCN(c2cc(Cl)nnc2Cl)C(CBr)C1.CC(C)(C)OC(=O)N1CCN(c2cc(Cl)nnc2Cl)C(CN=[N+]=[N-])C1.CC(C)(C)OC(=O)N1CCN2c3cc(Cl)nnc3NCC2C1. The Morgan fingerprint density at radius 1 is 0.629 bits per heavy atom. The van der Waals surface area contributed by atoms with Gasteiger partial charge in [-0.1, -0.05) is 79.0 Å². The van der Waals surface area contributed by atoms with Crippen molar-refractivity contribution in [2.24, 2.45) is 5.11 Å². The van der Waals surface area contributed by atoms with Gasteiger partial charge in [0.1, 0.15) is 16.8 Å². The van der Waals surface area contributed by atoms with Gasteiger partial charge in [-0.15, -0.1) is 30.6 Å². The predicted molar refractivity (Wildman–Crippen MR) is 274 cm³/mol. The van der Waals surface area contributed by atoms with Crippen molar-refractivity contribution in [3.63, 3.8) is 0 Å². The number of nitrogens with one attached hydrogen (secondary N) is 1. The van der Waals surface area contributed by atoms with Crippen LogP contribution in [-0.4, -0.2) is 176 Å². The van der Waals surface area contributed by atoms with Gasteiger partial charge in [0, 0.05) is 100 Å². The first-order valence-electron chi connectivity index (χ1n) is 22.2. The molecule has 3 amide bonds. The number of aromatic nitrogens is 6. The van der Waals surface area contributed by atoms with Crippen molar-refractivity contribution in [2.45, 2.75) is 97.2 Å². The molecule has 7 heterocycles. The van der Waals surface area contributed by atoms with Crippen LogP contribution in [0.2, 0.25) is 25.8 Å². The van der Waals surface area contributed by atoms with Crippen molar-refractivity contribution in [3.05, 3.63) is 54.4 Å². The van der Waals surface area contributed by atoms with Gasteiger partial charge in [-0.2, -0.15) is 0 Å². The van der Waals surface area contributed by atoms with E-state index in [4.69, 9.17) is 77.7 Å². The molecule has 0 radical (unpaired) electrons. The Balaban J connectivity index is 0.000000196. The molecule has 0 bridgehead atoms. The van der Waals surface area contributed by atoms with Gasteiger partial charge in [0.2, 0.25) is 0 Å². The molecule has 0 spiro atoms. The molecule has 3 atom stereocenters. The summed E-state index contributed by atoms with van der Waals surface area (Å²) in [6.07, 6.45) is -0.973. The molecule has 384 valence electrons. The summed E-state index contributed by atoms with van der Waals surface area (Å²) in [6, 6.07) is 5.03. The highest BCUT2D eigenvalue weighted by atomic mass is 79.9. The van der Waals surface area contributed by atoms with Crippen LogP contribution in [0.3, 0.4) is 0 Å². The van der Waals surface area contributed by atoms with E-state index < -0.39 is 22.9 Å². The molecular formula is C42H58BrCl5N16O6. The number of carbonyl (C=O) groups excluding carboxylic acids is 3. The number of anilines is 4. The van der Waals surface area contributed by atoms with E-state index in [1.807, 2.05) is 73.3 Å². The molecule has 4 aliphatic heterocycles. The molecule has 3 saturated heterocycles. The first-order chi connectivity index (χ1) is 32.7. The Kier molecular flexibility index (Phi) is 19.6. The fourth-order valence-corrected chi connectivity index (χ4v) is 8.98. The zero-order chi connectivity index (χ0) is 51.7. The number of halogens is 6. The number of amides is 3. The molecule has 0 saturated carbocycles. The maximum Gasteiger partial charge on any atom is 0.410 e. The van der Waals surface area contributed by atoms with Crippen LogP contribution in [0.15, 0.2) is 23.3 Å². The summed E-state index contributed by atoms with van der Waals surface area (Å²) in [5, 5.41) is 31.9. The second-order valence-corrected chi connectivity index (χ2v) is 21.9. The number of alkyl halides is 1. The van der Waals surface area contributed by atoms with Gasteiger partial charge in [0.05, 0.1) is 35.2 Å². The average Bonchev–Trinajstić information content (AvgIpc) is 3.28. The number of rotatable bonds is 5. The number of hydrogen-bond acceptors (Lipinski definition) is 17. The van der Waals surface area contributed by atoms with Gasteiger partial charge in [-0.3, -0.25) is 0 Å². The van der Waals surface area contributed by atoms with Crippen LogP contribution >= 0.6 is 73.9 Å². The molecule has 7 rings (SSSR count). The molecule has 1 N–H and O–H groups in total. The van der Waals surface area contributed by atoms with Crippen molar-refractivity contribution in [1.82, 2.24) is 45.3 Å². The van der Waals surface area contributed by atoms with Gasteiger partial charge >= 0.3 is 18.3 Å². The Hall–Kier alpha value is -4.51. The zero-order valence-corrected chi connectivity index (χ0v) is 45.7. The summed E-state index contributed by atoms with van der Waals surface area (Å²) in [5.41, 5.74) is 9.33. The first kappa shape index (κ1) is 56.4. The van der Waals surface area contributed by atoms with Crippen molar-refractivity contribution in [2.75, 3.05) is 97.3 Å². The van der Waals surface area contributed by atoms with Crippen LogP contribution < -0.4 is 20.0 Å². The molecule has 3 fully saturated rings. The molecule has 3 aromatic rings. The van der Waals surface area contributed by atoms with E-state index in [1.54, 1.807) is 26.8 Å². The van der Waals surface area contributed by atoms with Gasteiger partial charge in [0.25, 0.3) is 0 Å². The van der Waals surface area contributed by atoms with Crippen LogP contribution in [0, 0.1) is 0 Å². The van der Waals surface area contributed by atoms with Crippen molar-refractivity contribution < 1.29 is 28.6 Å². The Bertz CT molecular complexity index is 2370. The van der Waals surface area contributed by atoms with Crippen LogP contribution in [0.5, 0.6) is 0 Å². The van der Waals surface area contributed by atoms with Crippen LogP contribution in [0.4, 0.5) is 37.3 Å². The molecule has 4 aliphatic rings. The van der Waals surface area contributed by atoms with Crippen LogP contribution in [0.25, 0.3) is 10.4 Å². The average molecular weight is 1140 g/mol. The molecule has 0 aliphatic carbocycles. The summed E-state index contributed by atoms with van der Waals surface area (Å²) >= 11 is 33.6. The second-order valence-electron chi connectivity index (χ2n) is 19.4.